The molecule has 0 bridgehead atoms. The number of aromatic hydroxyl groups is 2. The van der Waals surface area contributed by atoms with Gasteiger partial charge < -0.3 is 30.6 Å². The number of carbonyl (C=O) groups is 2. The number of carboxylic acid groups (broad SMARTS) is 2. The molecular weight excluding hydrogens is 644 g/mol. The van der Waals surface area contributed by atoms with Crippen LogP contribution in [0.25, 0.3) is 0 Å². The summed E-state index contributed by atoms with van der Waals surface area (Å²) in [5.41, 5.74) is 4.76. The Hall–Kier alpha value is -3.10. The Balaban J connectivity index is 0.000000770. The molecule has 0 fully saturated rings. The number of aliphatic hydroxyl groups excluding tert-OH is 2. The lowest BCUT2D eigenvalue weighted by Gasteiger charge is -2.28. The number of hydrogen-bond acceptors (Lipinski definition) is 6. The Morgan fingerprint density at radius 3 is 1.04 bits per heavy atom. The lowest BCUT2D eigenvalue weighted by atomic mass is 9.78. The van der Waals surface area contributed by atoms with Crippen molar-refractivity contribution in [2.24, 2.45) is 11.3 Å². The second kappa shape index (κ2) is 19.1. The van der Waals surface area contributed by atoms with Crippen LogP contribution in [0.3, 0.4) is 0 Å². The Bertz CT molecular complexity index is 1240. The molecule has 0 saturated heterocycles. The van der Waals surface area contributed by atoms with E-state index in [2.05, 4.69) is 90.0 Å². The van der Waals surface area contributed by atoms with E-state index in [0.717, 1.165) is 46.2 Å². The van der Waals surface area contributed by atoms with Gasteiger partial charge in [-0.15, -0.1) is 0 Å². The van der Waals surface area contributed by atoms with Crippen molar-refractivity contribution >= 4 is 11.9 Å². The molecule has 0 aliphatic carbocycles. The highest BCUT2D eigenvalue weighted by Crippen LogP contribution is 2.41. The van der Waals surface area contributed by atoms with E-state index in [1.54, 1.807) is 0 Å². The fraction of sp³-hybridized carbons (Fsp3) is 0.674. The third kappa shape index (κ3) is 17.3. The highest BCUT2D eigenvalue weighted by atomic mass is 16.4. The number of hydrogen-bond donors (Lipinski definition) is 6. The Morgan fingerprint density at radius 2 is 0.843 bits per heavy atom. The summed E-state index contributed by atoms with van der Waals surface area (Å²) in [5.74, 6) is -0.421. The van der Waals surface area contributed by atoms with E-state index in [0.29, 0.717) is 30.3 Å². The molecular formula is C43H72O8. The fourth-order valence-electron chi connectivity index (χ4n) is 5.80. The van der Waals surface area contributed by atoms with Crippen LogP contribution in [-0.4, -0.2) is 55.8 Å². The number of phenolic OH excluding ortho intramolecular Hbond substituents is 2. The monoisotopic (exact) mass is 717 g/mol. The van der Waals surface area contributed by atoms with Crippen LogP contribution in [-0.2, 0) is 44.1 Å². The molecule has 2 rings (SSSR count). The maximum absolute atomic E-state index is 10.8. The standard InChI is InChI=1S/2C17H26O3.C9H20O2/c2*1-16(2,3)12-9-11(7-8-14(18)19)10-13(15(12)20)17(4,5)6;1-8(4-5-10)6-9(2,3)7-11/h2*9-10,20H,7-8H2,1-6H3,(H,18,19);8,10-11H,4-7H2,1-3H3. The molecule has 51 heavy (non-hydrogen) atoms. The minimum Gasteiger partial charge on any atom is -0.507 e. The molecule has 1 unspecified atom stereocenters. The predicted octanol–water partition coefficient (Wildman–Crippen LogP) is 9.42. The first kappa shape index (κ1) is 47.9. The smallest absolute Gasteiger partial charge is 0.303 e. The van der Waals surface area contributed by atoms with Gasteiger partial charge in [-0.3, -0.25) is 9.59 Å². The first-order valence-electron chi connectivity index (χ1n) is 18.3. The van der Waals surface area contributed by atoms with Crippen LogP contribution in [0.4, 0.5) is 0 Å². The summed E-state index contributed by atoms with van der Waals surface area (Å²) in [6, 6.07) is 7.75. The summed E-state index contributed by atoms with van der Waals surface area (Å²) in [6.07, 6.45) is 3.01. The number of rotatable bonds is 11. The molecule has 1 atom stereocenters. The molecule has 0 aliphatic rings. The van der Waals surface area contributed by atoms with Crippen LogP contribution in [0.2, 0.25) is 0 Å². The van der Waals surface area contributed by atoms with E-state index in [4.69, 9.17) is 20.4 Å². The van der Waals surface area contributed by atoms with Gasteiger partial charge in [-0.1, -0.05) is 128 Å². The third-order valence-electron chi connectivity index (χ3n) is 8.78. The summed E-state index contributed by atoms with van der Waals surface area (Å²) in [7, 11) is 0. The predicted molar refractivity (Wildman–Crippen MR) is 209 cm³/mol. The van der Waals surface area contributed by atoms with Gasteiger partial charge in [-0.05, 0) is 92.1 Å². The van der Waals surface area contributed by atoms with E-state index in [-0.39, 0.29) is 53.1 Å². The average Bonchev–Trinajstić information content (AvgIpc) is 2.94. The number of benzene rings is 2. The molecule has 292 valence electrons. The summed E-state index contributed by atoms with van der Waals surface area (Å²) >= 11 is 0. The van der Waals surface area contributed by atoms with Crippen LogP contribution < -0.4 is 0 Å². The van der Waals surface area contributed by atoms with Crippen molar-refractivity contribution in [3.05, 3.63) is 57.6 Å². The van der Waals surface area contributed by atoms with Crippen molar-refractivity contribution in [1.82, 2.24) is 0 Å². The Kier molecular flexibility index (Phi) is 18.0. The van der Waals surface area contributed by atoms with Crippen molar-refractivity contribution < 1.29 is 40.2 Å². The van der Waals surface area contributed by atoms with E-state index in [1.165, 1.54) is 0 Å². The molecule has 0 spiro atoms. The molecule has 0 radical (unpaired) electrons. The second-order valence-corrected chi connectivity index (χ2v) is 19.0. The molecule has 2 aromatic rings. The third-order valence-corrected chi connectivity index (χ3v) is 8.78. The minimum absolute atomic E-state index is 0.00852. The fourth-order valence-corrected chi connectivity index (χ4v) is 5.80. The molecule has 6 N–H and O–H groups in total. The van der Waals surface area contributed by atoms with Crippen molar-refractivity contribution in [2.75, 3.05) is 13.2 Å². The van der Waals surface area contributed by atoms with Crippen molar-refractivity contribution in [3.63, 3.8) is 0 Å². The van der Waals surface area contributed by atoms with Gasteiger partial charge in [-0.2, -0.15) is 0 Å². The molecule has 2 aromatic carbocycles. The quantitative estimate of drug-likeness (QED) is 0.134. The van der Waals surface area contributed by atoms with Gasteiger partial charge in [0.2, 0.25) is 0 Å². The van der Waals surface area contributed by atoms with Gasteiger partial charge in [0, 0.05) is 26.1 Å². The highest BCUT2D eigenvalue weighted by Gasteiger charge is 2.28. The topological polar surface area (TPSA) is 156 Å². The SMILES string of the molecule is CC(C)(C)c1cc(CCC(=O)O)cc(C(C)(C)C)c1O.CC(C)(C)c1cc(CCC(=O)O)cc(C(C)(C)C)c1O.CC(CCO)CC(C)(C)CO. The summed E-state index contributed by atoms with van der Waals surface area (Å²) in [5, 5.41) is 56.4. The van der Waals surface area contributed by atoms with E-state index >= 15 is 0 Å². The Labute approximate surface area is 309 Å². The van der Waals surface area contributed by atoms with Crippen molar-refractivity contribution in [1.29, 1.82) is 0 Å². The van der Waals surface area contributed by atoms with Gasteiger partial charge >= 0.3 is 11.9 Å². The van der Waals surface area contributed by atoms with Gasteiger partial charge in [0.25, 0.3) is 0 Å². The molecule has 0 aromatic heterocycles. The van der Waals surface area contributed by atoms with Gasteiger partial charge in [0.15, 0.2) is 0 Å². The largest absolute Gasteiger partial charge is 0.507 e. The van der Waals surface area contributed by atoms with Crippen LogP contribution >= 0.6 is 0 Å². The molecule has 0 saturated carbocycles. The molecule has 8 heteroatoms. The van der Waals surface area contributed by atoms with Crippen LogP contribution in [0.1, 0.15) is 163 Å². The van der Waals surface area contributed by atoms with E-state index in [1.807, 2.05) is 38.1 Å². The number of aliphatic hydroxyl groups is 2. The van der Waals surface area contributed by atoms with Crippen LogP contribution in [0, 0.1) is 11.3 Å². The summed E-state index contributed by atoms with van der Waals surface area (Å²) in [6.45, 7) is 31.3. The highest BCUT2D eigenvalue weighted by molar-refractivity contribution is 5.67. The lowest BCUT2D eigenvalue weighted by molar-refractivity contribution is -0.138. The van der Waals surface area contributed by atoms with Crippen LogP contribution in [0.5, 0.6) is 11.5 Å². The zero-order valence-corrected chi connectivity index (χ0v) is 34.5. The molecule has 0 amide bonds. The maximum Gasteiger partial charge on any atom is 0.303 e. The molecule has 0 aliphatic heterocycles. The number of aliphatic carboxylic acids is 2. The lowest BCUT2D eigenvalue weighted by Crippen LogP contribution is -2.20. The zero-order chi connectivity index (χ0) is 40.3. The first-order chi connectivity index (χ1) is 22.9. The summed E-state index contributed by atoms with van der Waals surface area (Å²) < 4.78 is 0. The van der Waals surface area contributed by atoms with Crippen LogP contribution in [0.15, 0.2) is 24.3 Å². The molecule has 8 nitrogen and oxygen atoms in total. The van der Waals surface area contributed by atoms with Gasteiger partial charge in [0.05, 0.1) is 0 Å². The van der Waals surface area contributed by atoms with Gasteiger partial charge in [0.1, 0.15) is 11.5 Å². The van der Waals surface area contributed by atoms with Crippen molar-refractivity contribution in [2.45, 2.75) is 164 Å². The number of carboxylic acids is 2. The first-order valence-corrected chi connectivity index (χ1v) is 18.3. The number of phenols is 2. The van der Waals surface area contributed by atoms with Crippen molar-refractivity contribution in [3.8, 4) is 11.5 Å². The summed E-state index contributed by atoms with van der Waals surface area (Å²) in [4.78, 5) is 21.5. The average molecular weight is 717 g/mol. The molecule has 0 heterocycles. The maximum atomic E-state index is 10.8. The Morgan fingerprint density at radius 1 is 0.569 bits per heavy atom. The second-order valence-electron chi connectivity index (χ2n) is 19.0. The van der Waals surface area contributed by atoms with Gasteiger partial charge in [-0.25, -0.2) is 0 Å². The van der Waals surface area contributed by atoms with E-state index < -0.39 is 11.9 Å². The minimum atomic E-state index is -0.798. The van der Waals surface area contributed by atoms with E-state index in [9.17, 15) is 19.8 Å². The normalized spacial score (nSPS) is 13.0. The number of aryl methyl sites for hydroxylation is 2. The zero-order valence-electron chi connectivity index (χ0n) is 34.5.